The van der Waals surface area contributed by atoms with Gasteiger partial charge in [0.25, 0.3) is 0 Å². The Morgan fingerprint density at radius 1 is 1.29 bits per heavy atom. The van der Waals surface area contributed by atoms with Gasteiger partial charge in [0, 0.05) is 0 Å². The van der Waals surface area contributed by atoms with Crippen LogP contribution in [0.1, 0.15) is 32.4 Å². The van der Waals surface area contributed by atoms with E-state index in [0.29, 0.717) is 12.5 Å². The third-order valence-electron chi connectivity index (χ3n) is 2.39. The molecule has 3 nitrogen and oxygen atoms in total. The maximum atomic E-state index is 11.9. The SMILES string of the molecule is CCOC(=O)C(NCC(C)C)c1ccccc1. The highest BCUT2D eigenvalue weighted by atomic mass is 16.5. The molecule has 17 heavy (non-hydrogen) atoms. The lowest BCUT2D eigenvalue weighted by atomic mass is 10.1. The molecule has 0 fully saturated rings. The Bertz CT molecular complexity index is 335. The fraction of sp³-hybridized carbons (Fsp3) is 0.500. The minimum Gasteiger partial charge on any atom is -0.465 e. The zero-order valence-corrected chi connectivity index (χ0v) is 10.8. The molecule has 1 unspecified atom stereocenters. The van der Waals surface area contributed by atoms with Crippen LogP contribution in [0.25, 0.3) is 0 Å². The van der Waals surface area contributed by atoms with E-state index in [1.807, 2.05) is 37.3 Å². The monoisotopic (exact) mass is 235 g/mol. The average molecular weight is 235 g/mol. The quantitative estimate of drug-likeness (QED) is 0.770. The van der Waals surface area contributed by atoms with Crippen molar-refractivity contribution in [1.82, 2.24) is 5.32 Å². The minimum absolute atomic E-state index is 0.209. The van der Waals surface area contributed by atoms with Crippen molar-refractivity contribution in [3.8, 4) is 0 Å². The molecule has 1 N–H and O–H groups in total. The largest absolute Gasteiger partial charge is 0.465 e. The molecule has 0 aliphatic heterocycles. The normalized spacial score (nSPS) is 12.5. The number of ether oxygens (including phenoxy) is 1. The van der Waals surface area contributed by atoms with Gasteiger partial charge in [-0.1, -0.05) is 44.2 Å². The van der Waals surface area contributed by atoms with E-state index in [1.54, 1.807) is 0 Å². The van der Waals surface area contributed by atoms with Gasteiger partial charge < -0.3 is 10.1 Å². The summed E-state index contributed by atoms with van der Waals surface area (Å²) in [7, 11) is 0. The first-order valence-corrected chi connectivity index (χ1v) is 6.10. The smallest absolute Gasteiger partial charge is 0.327 e. The Morgan fingerprint density at radius 2 is 1.94 bits per heavy atom. The third-order valence-corrected chi connectivity index (χ3v) is 2.39. The van der Waals surface area contributed by atoms with Crippen molar-refractivity contribution < 1.29 is 9.53 Å². The summed E-state index contributed by atoms with van der Waals surface area (Å²) in [6, 6.07) is 9.31. The lowest BCUT2D eigenvalue weighted by molar-refractivity contribution is -0.145. The molecule has 1 aromatic rings. The van der Waals surface area contributed by atoms with E-state index >= 15 is 0 Å². The number of carbonyl (C=O) groups excluding carboxylic acids is 1. The summed E-state index contributed by atoms with van der Waals surface area (Å²) in [5.74, 6) is 0.287. The lowest BCUT2D eigenvalue weighted by Crippen LogP contribution is -2.32. The number of hydrogen-bond donors (Lipinski definition) is 1. The molecule has 1 aromatic carbocycles. The number of esters is 1. The first-order chi connectivity index (χ1) is 8.15. The molecular formula is C14H21NO2. The topological polar surface area (TPSA) is 38.3 Å². The molecule has 0 amide bonds. The van der Waals surface area contributed by atoms with Gasteiger partial charge in [0.05, 0.1) is 6.61 Å². The lowest BCUT2D eigenvalue weighted by Gasteiger charge is -2.18. The van der Waals surface area contributed by atoms with Crippen LogP contribution in [0.2, 0.25) is 0 Å². The van der Waals surface area contributed by atoms with E-state index in [9.17, 15) is 4.79 Å². The van der Waals surface area contributed by atoms with Crippen molar-refractivity contribution in [2.75, 3.05) is 13.2 Å². The molecule has 0 bridgehead atoms. The fourth-order valence-electron chi connectivity index (χ4n) is 1.56. The van der Waals surface area contributed by atoms with Crippen molar-refractivity contribution in [3.63, 3.8) is 0 Å². The van der Waals surface area contributed by atoms with Gasteiger partial charge in [-0.25, -0.2) is 4.79 Å². The Morgan fingerprint density at radius 3 is 2.47 bits per heavy atom. The molecule has 0 saturated carbocycles. The fourth-order valence-corrected chi connectivity index (χ4v) is 1.56. The first kappa shape index (κ1) is 13.7. The van der Waals surface area contributed by atoms with E-state index in [4.69, 9.17) is 4.74 Å². The summed E-state index contributed by atoms with van der Waals surface area (Å²) in [6.07, 6.45) is 0. The van der Waals surface area contributed by atoms with Crippen LogP contribution in [-0.2, 0) is 9.53 Å². The van der Waals surface area contributed by atoms with Gasteiger partial charge in [-0.2, -0.15) is 0 Å². The van der Waals surface area contributed by atoms with Crippen LogP contribution in [0.5, 0.6) is 0 Å². The highest BCUT2D eigenvalue weighted by Gasteiger charge is 2.21. The second kappa shape index (κ2) is 7.07. The highest BCUT2D eigenvalue weighted by Crippen LogP contribution is 2.14. The summed E-state index contributed by atoms with van der Waals surface area (Å²) in [6.45, 7) is 7.24. The van der Waals surface area contributed by atoms with Crippen LogP contribution in [0.4, 0.5) is 0 Å². The zero-order valence-electron chi connectivity index (χ0n) is 10.8. The van der Waals surface area contributed by atoms with Crippen molar-refractivity contribution in [1.29, 1.82) is 0 Å². The summed E-state index contributed by atoms with van der Waals surface area (Å²) in [5.41, 5.74) is 0.951. The van der Waals surface area contributed by atoms with Crippen LogP contribution in [0.15, 0.2) is 30.3 Å². The number of benzene rings is 1. The Balaban J connectivity index is 2.75. The zero-order chi connectivity index (χ0) is 12.7. The van der Waals surface area contributed by atoms with Crippen molar-refractivity contribution >= 4 is 5.97 Å². The second-order valence-corrected chi connectivity index (χ2v) is 4.40. The van der Waals surface area contributed by atoms with Gasteiger partial charge in [0.1, 0.15) is 6.04 Å². The van der Waals surface area contributed by atoms with Gasteiger partial charge in [-0.05, 0) is 24.9 Å². The highest BCUT2D eigenvalue weighted by molar-refractivity contribution is 5.77. The molecule has 0 radical (unpaired) electrons. The van der Waals surface area contributed by atoms with Crippen molar-refractivity contribution in [3.05, 3.63) is 35.9 Å². The predicted octanol–water partition coefficient (Wildman–Crippen LogP) is 2.54. The van der Waals surface area contributed by atoms with Crippen LogP contribution >= 0.6 is 0 Å². The Labute approximate surface area is 103 Å². The van der Waals surface area contributed by atoms with Gasteiger partial charge in [-0.15, -0.1) is 0 Å². The van der Waals surface area contributed by atoms with Crippen LogP contribution in [-0.4, -0.2) is 19.1 Å². The summed E-state index contributed by atoms with van der Waals surface area (Å²) >= 11 is 0. The van der Waals surface area contributed by atoms with E-state index < -0.39 is 0 Å². The molecular weight excluding hydrogens is 214 g/mol. The van der Waals surface area contributed by atoms with Crippen LogP contribution in [0, 0.1) is 5.92 Å². The maximum Gasteiger partial charge on any atom is 0.327 e. The van der Waals surface area contributed by atoms with E-state index in [-0.39, 0.29) is 12.0 Å². The molecule has 0 aliphatic carbocycles. The van der Waals surface area contributed by atoms with Crippen LogP contribution in [0.3, 0.4) is 0 Å². The summed E-state index contributed by atoms with van der Waals surface area (Å²) < 4.78 is 5.09. The molecule has 0 aromatic heterocycles. The van der Waals surface area contributed by atoms with E-state index in [1.165, 1.54) is 0 Å². The Hall–Kier alpha value is -1.35. The molecule has 1 atom stereocenters. The molecule has 0 spiro atoms. The predicted molar refractivity (Wildman–Crippen MR) is 68.7 cm³/mol. The second-order valence-electron chi connectivity index (χ2n) is 4.40. The Kier molecular flexibility index (Phi) is 5.70. The van der Waals surface area contributed by atoms with Gasteiger partial charge in [0.15, 0.2) is 0 Å². The summed E-state index contributed by atoms with van der Waals surface area (Å²) in [4.78, 5) is 11.9. The van der Waals surface area contributed by atoms with Crippen molar-refractivity contribution in [2.45, 2.75) is 26.8 Å². The molecule has 0 heterocycles. The first-order valence-electron chi connectivity index (χ1n) is 6.10. The maximum absolute atomic E-state index is 11.9. The number of nitrogens with one attached hydrogen (secondary N) is 1. The molecule has 3 heteroatoms. The summed E-state index contributed by atoms with van der Waals surface area (Å²) in [5, 5.41) is 3.25. The number of rotatable bonds is 6. The van der Waals surface area contributed by atoms with Gasteiger partial charge >= 0.3 is 5.97 Å². The molecule has 1 rings (SSSR count). The average Bonchev–Trinajstić information content (AvgIpc) is 2.30. The van der Waals surface area contributed by atoms with E-state index in [2.05, 4.69) is 19.2 Å². The standard InChI is InChI=1S/C14H21NO2/c1-4-17-14(16)13(15-10-11(2)3)12-8-6-5-7-9-12/h5-9,11,13,15H,4,10H2,1-3H3. The van der Waals surface area contributed by atoms with E-state index in [0.717, 1.165) is 12.1 Å². The minimum atomic E-state index is -0.362. The van der Waals surface area contributed by atoms with Gasteiger partial charge in [-0.3, -0.25) is 0 Å². The third kappa shape index (κ3) is 4.57. The van der Waals surface area contributed by atoms with Gasteiger partial charge in [0.2, 0.25) is 0 Å². The molecule has 94 valence electrons. The number of hydrogen-bond acceptors (Lipinski definition) is 3. The number of carbonyl (C=O) groups is 1. The molecule has 0 saturated heterocycles. The van der Waals surface area contributed by atoms with Crippen molar-refractivity contribution in [2.24, 2.45) is 5.92 Å². The van der Waals surface area contributed by atoms with Crippen LogP contribution < -0.4 is 5.32 Å². The molecule has 0 aliphatic rings.